The van der Waals surface area contributed by atoms with E-state index in [0.717, 1.165) is 40.7 Å². The second-order valence-corrected chi connectivity index (χ2v) is 10.5. The number of alkyl halides is 6. The zero-order valence-electron chi connectivity index (χ0n) is 22.8. The van der Waals surface area contributed by atoms with Gasteiger partial charge in [0.05, 0.1) is 16.8 Å². The van der Waals surface area contributed by atoms with Crippen molar-refractivity contribution in [1.82, 2.24) is 14.8 Å². The second-order valence-electron chi connectivity index (χ2n) is 10.5. The number of carbonyl (C=O) groups excluding carboxylic acids is 2. The first kappa shape index (κ1) is 30.0. The van der Waals surface area contributed by atoms with Crippen molar-refractivity contribution in [2.75, 3.05) is 18.4 Å². The van der Waals surface area contributed by atoms with Crippen LogP contribution in [0.25, 0.3) is 10.9 Å². The predicted octanol–water partition coefficient (Wildman–Crippen LogP) is 7.47. The van der Waals surface area contributed by atoms with Crippen molar-refractivity contribution in [3.63, 3.8) is 0 Å². The molecule has 226 valence electrons. The smallest absolute Gasteiger partial charge is 0.361 e. The van der Waals surface area contributed by atoms with Crippen LogP contribution >= 0.6 is 0 Å². The van der Waals surface area contributed by atoms with Gasteiger partial charge in [-0.3, -0.25) is 4.79 Å². The number of nitrogens with one attached hydrogen (secondary N) is 2. The first-order chi connectivity index (χ1) is 20.4. The Morgan fingerprint density at radius 2 is 1.53 bits per heavy atom. The zero-order chi connectivity index (χ0) is 30.8. The maximum absolute atomic E-state index is 13.7. The molecular formula is C31H28F6N4O2. The van der Waals surface area contributed by atoms with Crippen LogP contribution in [0.5, 0.6) is 0 Å². The molecule has 0 bridgehead atoms. The second kappa shape index (κ2) is 12.0. The van der Waals surface area contributed by atoms with Crippen LogP contribution in [-0.4, -0.2) is 45.9 Å². The first-order valence-corrected chi connectivity index (χ1v) is 13.6. The highest BCUT2D eigenvalue weighted by Gasteiger charge is 2.37. The largest absolute Gasteiger partial charge is 0.418 e. The Kier molecular flexibility index (Phi) is 8.38. The number of aromatic nitrogens is 1. The number of anilines is 1. The number of urea groups is 1. The van der Waals surface area contributed by atoms with Gasteiger partial charge in [0.15, 0.2) is 0 Å². The molecule has 2 N–H and O–H groups in total. The van der Waals surface area contributed by atoms with Gasteiger partial charge in [-0.2, -0.15) is 26.3 Å². The summed E-state index contributed by atoms with van der Waals surface area (Å²) >= 11 is 0. The highest BCUT2D eigenvalue weighted by Crippen LogP contribution is 2.35. The molecule has 0 radical (unpaired) electrons. The van der Waals surface area contributed by atoms with Crippen LogP contribution < -0.4 is 5.32 Å². The average Bonchev–Trinajstić information content (AvgIpc) is 3.72. The van der Waals surface area contributed by atoms with Gasteiger partial charge in [0, 0.05) is 36.2 Å². The van der Waals surface area contributed by atoms with Crippen molar-refractivity contribution in [2.45, 2.75) is 44.2 Å². The van der Waals surface area contributed by atoms with Crippen molar-refractivity contribution in [1.29, 1.82) is 0 Å². The standard InChI is InChI=1S/C31H28F6N4O2/c32-30(33,34)22-11-9-20(10-12-22)18-40(16-15-21-17-38-26-7-3-1-5-24(21)26)28(42)19-41(23-13-14-23)29(43)39-27-8-4-2-6-25(27)31(35,36)37/h1-12,17,23,38H,13-16,18-19H2,(H,39,43). The van der Waals surface area contributed by atoms with E-state index in [2.05, 4.69) is 10.3 Å². The van der Waals surface area contributed by atoms with Crippen molar-refractivity contribution < 1.29 is 35.9 Å². The molecule has 3 aromatic carbocycles. The van der Waals surface area contributed by atoms with E-state index in [9.17, 15) is 35.9 Å². The van der Waals surface area contributed by atoms with Crippen LogP contribution in [0.1, 0.15) is 35.1 Å². The van der Waals surface area contributed by atoms with Crippen molar-refractivity contribution in [3.05, 3.63) is 101 Å². The number of rotatable bonds is 9. The SMILES string of the molecule is O=C(CN(C(=O)Nc1ccccc1C(F)(F)F)C1CC1)N(CCc1c[nH]c2ccccc12)Cc1ccc(C(F)(F)F)cc1. The van der Waals surface area contributed by atoms with Gasteiger partial charge in [-0.25, -0.2) is 4.79 Å². The van der Waals surface area contributed by atoms with E-state index in [0.29, 0.717) is 24.8 Å². The fourth-order valence-corrected chi connectivity index (χ4v) is 4.93. The normalized spacial score (nSPS) is 13.6. The molecule has 5 rings (SSSR count). The fourth-order valence-electron chi connectivity index (χ4n) is 4.93. The quantitative estimate of drug-likeness (QED) is 0.195. The number of halogens is 6. The number of hydrogen-bond donors (Lipinski definition) is 2. The Morgan fingerprint density at radius 3 is 2.21 bits per heavy atom. The Morgan fingerprint density at radius 1 is 0.860 bits per heavy atom. The maximum Gasteiger partial charge on any atom is 0.418 e. The minimum absolute atomic E-state index is 0.0175. The van der Waals surface area contributed by atoms with Gasteiger partial charge in [0.25, 0.3) is 0 Å². The van der Waals surface area contributed by atoms with Crippen LogP contribution in [-0.2, 0) is 30.1 Å². The molecule has 3 amide bonds. The van der Waals surface area contributed by atoms with E-state index in [4.69, 9.17) is 0 Å². The van der Waals surface area contributed by atoms with Gasteiger partial charge in [-0.05, 0) is 60.7 Å². The lowest BCUT2D eigenvalue weighted by Crippen LogP contribution is -2.46. The predicted molar refractivity (Wildman–Crippen MR) is 149 cm³/mol. The van der Waals surface area contributed by atoms with Crippen molar-refractivity contribution in [3.8, 4) is 0 Å². The molecule has 6 nitrogen and oxygen atoms in total. The minimum atomic E-state index is -4.69. The van der Waals surface area contributed by atoms with Gasteiger partial charge >= 0.3 is 18.4 Å². The number of H-pyrrole nitrogens is 1. The lowest BCUT2D eigenvalue weighted by atomic mass is 10.1. The summed E-state index contributed by atoms with van der Waals surface area (Å²) < 4.78 is 79.7. The van der Waals surface area contributed by atoms with Crippen LogP contribution in [0.3, 0.4) is 0 Å². The van der Waals surface area contributed by atoms with Crippen molar-refractivity contribution in [2.24, 2.45) is 0 Å². The first-order valence-electron chi connectivity index (χ1n) is 13.6. The third-order valence-corrected chi connectivity index (χ3v) is 7.36. The summed E-state index contributed by atoms with van der Waals surface area (Å²) in [6.07, 6.45) is -5.76. The average molecular weight is 603 g/mol. The highest BCUT2D eigenvalue weighted by atomic mass is 19.4. The Bertz CT molecular complexity index is 1590. The number of para-hydroxylation sites is 2. The van der Waals surface area contributed by atoms with E-state index in [1.54, 1.807) is 0 Å². The number of carbonyl (C=O) groups is 2. The molecule has 12 heteroatoms. The fraction of sp³-hybridized carbons (Fsp3) is 0.290. The number of fused-ring (bicyclic) bond motifs is 1. The molecule has 1 aliphatic rings. The summed E-state index contributed by atoms with van der Waals surface area (Å²) in [4.78, 5) is 32.7. The molecular weight excluding hydrogens is 574 g/mol. The molecule has 43 heavy (non-hydrogen) atoms. The summed E-state index contributed by atoms with van der Waals surface area (Å²) in [7, 11) is 0. The number of amides is 3. The molecule has 4 aromatic rings. The molecule has 1 aromatic heterocycles. The molecule has 0 atom stereocenters. The maximum atomic E-state index is 13.7. The number of nitrogens with zero attached hydrogens (tertiary/aromatic N) is 2. The van der Waals surface area contributed by atoms with Gasteiger partial charge in [0.2, 0.25) is 5.91 Å². The Balaban J connectivity index is 1.35. The van der Waals surface area contributed by atoms with Crippen LogP contribution in [0, 0.1) is 0 Å². The lowest BCUT2D eigenvalue weighted by Gasteiger charge is -2.28. The number of benzene rings is 3. The third kappa shape index (κ3) is 7.30. The molecule has 0 aliphatic heterocycles. The monoisotopic (exact) mass is 602 g/mol. The molecule has 1 heterocycles. The zero-order valence-corrected chi connectivity index (χ0v) is 22.8. The van der Waals surface area contributed by atoms with Crippen molar-refractivity contribution >= 4 is 28.5 Å². The lowest BCUT2D eigenvalue weighted by molar-refractivity contribution is -0.138. The topological polar surface area (TPSA) is 68.4 Å². The molecule has 0 spiro atoms. The highest BCUT2D eigenvalue weighted by molar-refractivity contribution is 5.93. The summed E-state index contributed by atoms with van der Waals surface area (Å²) in [5.74, 6) is -0.481. The number of aromatic amines is 1. The summed E-state index contributed by atoms with van der Waals surface area (Å²) in [6, 6.07) is 15.5. The summed E-state index contributed by atoms with van der Waals surface area (Å²) in [5.41, 5.74) is 0.0628. The van der Waals surface area contributed by atoms with Gasteiger partial charge < -0.3 is 20.1 Å². The summed E-state index contributed by atoms with van der Waals surface area (Å²) in [6.45, 7) is -0.228. The van der Waals surface area contributed by atoms with E-state index in [1.165, 1.54) is 34.1 Å². The van der Waals surface area contributed by atoms with Gasteiger partial charge in [0.1, 0.15) is 6.54 Å². The Hall–Kier alpha value is -4.48. The Labute approximate surface area is 243 Å². The molecule has 0 saturated heterocycles. The summed E-state index contributed by atoms with van der Waals surface area (Å²) in [5, 5.41) is 3.28. The minimum Gasteiger partial charge on any atom is -0.361 e. The third-order valence-electron chi connectivity index (χ3n) is 7.36. The molecule has 1 fully saturated rings. The van der Waals surface area contributed by atoms with E-state index >= 15 is 0 Å². The molecule has 1 saturated carbocycles. The van der Waals surface area contributed by atoms with E-state index < -0.39 is 47.6 Å². The molecule has 0 unspecified atom stereocenters. The molecule has 1 aliphatic carbocycles. The van der Waals surface area contributed by atoms with Crippen LogP contribution in [0.15, 0.2) is 79.0 Å². The van der Waals surface area contributed by atoms with Crippen LogP contribution in [0.4, 0.5) is 36.8 Å². The van der Waals surface area contributed by atoms with E-state index in [-0.39, 0.29) is 19.1 Å². The number of hydrogen-bond acceptors (Lipinski definition) is 2. The van der Waals surface area contributed by atoms with Crippen LogP contribution in [0.2, 0.25) is 0 Å². The van der Waals surface area contributed by atoms with E-state index in [1.807, 2.05) is 30.5 Å². The van der Waals surface area contributed by atoms with Gasteiger partial charge in [-0.15, -0.1) is 0 Å². The van der Waals surface area contributed by atoms with Gasteiger partial charge in [-0.1, -0.05) is 42.5 Å².